The highest BCUT2D eigenvalue weighted by molar-refractivity contribution is 5.94. The van der Waals surface area contributed by atoms with E-state index in [0.717, 1.165) is 38.5 Å². The van der Waals surface area contributed by atoms with Crippen LogP contribution >= 0.6 is 0 Å². The van der Waals surface area contributed by atoms with Gasteiger partial charge in [-0.1, -0.05) is 262 Å². The van der Waals surface area contributed by atoms with Crippen LogP contribution in [0.15, 0.2) is 265 Å². The van der Waals surface area contributed by atoms with Gasteiger partial charge in [-0.15, -0.1) is 0 Å². The third-order valence-corrected chi connectivity index (χ3v) is 17.3. The lowest BCUT2D eigenvalue weighted by Gasteiger charge is -2.40. The summed E-state index contributed by atoms with van der Waals surface area (Å²) in [6.07, 6.45) is 20.5. The second kappa shape index (κ2) is 21.8. The van der Waals surface area contributed by atoms with Crippen molar-refractivity contribution in [3.8, 4) is 22.3 Å². The molecular formula is C77H75N. The summed E-state index contributed by atoms with van der Waals surface area (Å²) >= 11 is 0. The van der Waals surface area contributed by atoms with Gasteiger partial charge in [0.05, 0.1) is 16.5 Å². The molecule has 1 nitrogen and oxygen atoms in total. The summed E-state index contributed by atoms with van der Waals surface area (Å²) in [5.41, 5.74) is 27.2. The predicted molar refractivity (Wildman–Crippen MR) is 334 cm³/mol. The van der Waals surface area contributed by atoms with Crippen molar-refractivity contribution in [2.24, 2.45) is 0 Å². The fourth-order valence-corrected chi connectivity index (χ4v) is 14.2. The van der Waals surface area contributed by atoms with Crippen LogP contribution in [0.1, 0.15) is 144 Å². The highest BCUT2D eigenvalue weighted by Crippen LogP contribution is 2.62. The molecule has 0 spiro atoms. The molecule has 6 aliphatic rings. The van der Waals surface area contributed by atoms with Crippen molar-refractivity contribution in [1.82, 2.24) is 0 Å². The van der Waals surface area contributed by atoms with Gasteiger partial charge in [-0.05, 0) is 163 Å². The van der Waals surface area contributed by atoms with Crippen LogP contribution in [0, 0.1) is 0 Å². The number of anilines is 2. The van der Waals surface area contributed by atoms with E-state index in [0.29, 0.717) is 0 Å². The predicted octanol–water partition coefficient (Wildman–Crippen LogP) is 20.9. The van der Waals surface area contributed by atoms with Crippen molar-refractivity contribution < 1.29 is 0 Å². The fourth-order valence-electron chi connectivity index (χ4n) is 14.2. The van der Waals surface area contributed by atoms with Gasteiger partial charge >= 0.3 is 0 Å². The Morgan fingerprint density at radius 2 is 0.936 bits per heavy atom. The summed E-state index contributed by atoms with van der Waals surface area (Å²) in [6.45, 7) is 16.9. The standard InChI is InChI=1S/C71H57N.3C2H6/c1-69(2)62-37-21-18-36-57(62)61-46-60(48-24-8-3-9-25-48)68(47-65(61)69)72(53-40-42-58-55-34-19-22-38-63(55)70(66(58)44-53,49-26-10-4-11-27-49)50-28-12-5-13-29-50)54-41-43-59-56-35-20-23-39-64(56)71(67(59)45-54,51-30-14-6-15-31-51)52-32-16-7-17-33-52;3*1-2/h3-8,10-22,24,26-38,40,42,44-47H,9,23,25,39,41,43H2,1-2H3;3*1-2H3. The lowest BCUT2D eigenvalue weighted by molar-refractivity contribution is 0.660. The van der Waals surface area contributed by atoms with Crippen LogP contribution in [0.25, 0.3) is 27.8 Å². The van der Waals surface area contributed by atoms with Crippen LogP contribution in [-0.4, -0.2) is 0 Å². The number of benzene rings is 8. The van der Waals surface area contributed by atoms with Crippen LogP contribution < -0.4 is 4.90 Å². The van der Waals surface area contributed by atoms with E-state index in [4.69, 9.17) is 0 Å². The molecule has 0 saturated carbocycles. The molecule has 0 unspecified atom stereocenters. The molecule has 0 aliphatic heterocycles. The quantitative estimate of drug-likeness (QED) is 0.147. The summed E-state index contributed by atoms with van der Waals surface area (Å²) in [7, 11) is 0. The Kier molecular flexibility index (Phi) is 14.5. The summed E-state index contributed by atoms with van der Waals surface area (Å²) in [6, 6.07) is 76.4. The van der Waals surface area contributed by atoms with Gasteiger partial charge in [-0.25, -0.2) is 0 Å². The fraction of sp³-hybridized carbons (Fsp3) is 0.221. The van der Waals surface area contributed by atoms with E-state index in [1.165, 1.54) is 112 Å². The van der Waals surface area contributed by atoms with E-state index in [1.54, 1.807) is 5.57 Å². The van der Waals surface area contributed by atoms with Gasteiger partial charge in [0.1, 0.15) is 0 Å². The molecule has 0 fully saturated rings. The smallest absolute Gasteiger partial charge is 0.0714 e. The average Bonchev–Trinajstić information content (AvgIpc) is 4.30. The molecule has 6 aliphatic carbocycles. The van der Waals surface area contributed by atoms with Crippen molar-refractivity contribution in [3.63, 3.8) is 0 Å². The van der Waals surface area contributed by atoms with Crippen molar-refractivity contribution in [3.05, 3.63) is 315 Å². The van der Waals surface area contributed by atoms with E-state index in [9.17, 15) is 0 Å². The molecule has 0 aromatic heterocycles. The van der Waals surface area contributed by atoms with Gasteiger partial charge in [0, 0.05) is 22.4 Å². The number of nitrogens with zero attached hydrogens (tertiary/aromatic N) is 1. The van der Waals surface area contributed by atoms with E-state index in [1.807, 2.05) is 41.5 Å². The highest BCUT2D eigenvalue weighted by Gasteiger charge is 2.50. The molecule has 14 rings (SSSR count). The van der Waals surface area contributed by atoms with Crippen LogP contribution in [0.5, 0.6) is 0 Å². The molecule has 0 amide bonds. The molecule has 0 N–H and O–H groups in total. The molecule has 78 heavy (non-hydrogen) atoms. The molecule has 1 heteroatoms. The minimum absolute atomic E-state index is 0.186. The molecule has 0 bridgehead atoms. The van der Waals surface area contributed by atoms with Gasteiger partial charge in [0.2, 0.25) is 0 Å². The van der Waals surface area contributed by atoms with Crippen LogP contribution in [0.3, 0.4) is 0 Å². The molecule has 0 saturated heterocycles. The van der Waals surface area contributed by atoms with Gasteiger partial charge in [-0.3, -0.25) is 0 Å². The number of rotatable bonds is 8. The lowest BCUT2D eigenvalue weighted by Crippen LogP contribution is -2.32. The van der Waals surface area contributed by atoms with Gasteiger partial charge in [0.15, 0.2) is 0 Å². The van der Waals surface area contributed by atoms with Crippen molar-refractivity contribution in [2.75, 3.05) is 4.90 Å². The zero-order valence-corrected chi connectivity index (χ0v) is 47.2. The number of allylic oxidation sites excluding steroid dienone is 12. The van der Waals surface area contributed by atoms with Crippen LogP contribution in [0.2, 0.25) is 0 Å². The maximum absolute atomic E-state index is 2.73. The molecule has 0 heterocycles. The number of hydrogen-bond donors (Lipinski definition) is 0. The monoisotopic (exact) mass is 1010 g/mol. The summed E-state index contributed by atoms with van der Waals surface area (Å²) in [4.78, 5) is 2.73. The summed E-state index contributed by atoms with van der Waals surface area (Å²) in [5, 5.41) is 0. The van der Waals surface area contributed by atoms with Gasteiger partial charge in [0.25, 0.3) is 0 Å². The normalized spacial score (nSPS) is 16.9. The van der Waals surface area contributed by atoms with Crippen molar-refractivity contribution >= 4 is 16.9 Å². The maximum Gasteiger partial charge on any atom is 0.0714 e. The van der Waals surface area contributed by atoms with Crippen LogP contribution in [-0.2, 0) is 16.2 Å². The molecule has 0 atom stereocenters. The third-order valence-electron chi connectivity index (χ3n) is 17.3. The Labute approximate surface area is 466 Å². The van der Waals surface area contributed by atoms with E-state index in [2.05, 4.69) is 255 Å². The Hall–Kier alpha value is -8.00. The highest BCUT2D eigenvalue weighted by atomic mass is 15.2. The minimum atomic E-state index is -0.537. The van der Waals surface area contributed by atoms with Gasteiger partial charge in [-0.2, -0.15) is 0 Å². The first kappa shape index (κ1) is 52.1. The topological polar surface area (TPSA) is 3.24 Å². The van der Waals surface area contributed by atoms with E-state index in [-0.39, 0.29) is 5.41 Å². The Morgan fingerprint density at radius 3 is 1.53 bits per heavy atom. The molecule has 388 valence electrons. The Bertz CT molecular complexity index is 3610. The van der Waals surface area contributed by atoms with E-state index >= 15 is 0 Å². The first-order chi connectivity index (χ1) is 38.5. The number of hydrogen-bond acceptors (Lipinski definition) is 1. The SMILES string of the molecule is CC.CC.CC.CC1(C)c2ccccc2-c2cc(C3=CC=CCC3)c(N(C3=CC4=C(CC3)C3=C(CCC=C3)C4(c3ccccc3)c3ccccc3)c3ccc4c(c3)C(c3ccccc3)(c3ccccc3)c3ccccc3-4)cc21. The molecule has 8 aromatic carbocycles. The first-order valence-electron chi connectivity index (χ1n) is 29.2. The summed E-state index contributed by atoms with van der Waals surface area (Å²) < 4.78 is 0. The Balaban J connectivity index is 0.00000104. The van der Waals surface area contributed by atoms with Crippen molar-refractivity contribution in [1.29, 1.82) is 0 Å². The lowest BCUT2D eigenvalue weighted by atomic mass is 9.64. The van der Waals surface area contributed by atoms with Gasteiger partial charge < -0.3 is 4.90 Å². The largest absolute Gasteiger partial charge is 0.314 e. The Morgan fingerprint density at radius 1 is 0.410 bits per heavy atom. The first-order valence-corrected chi connectivity index (χ1v) is 29.2. The molecule has 8 aromatic rings. The van der Waals surface area contributed by atoms with E-state index < -0.39 is 10.8 Å². The number of fused-ring (bicyclic) bond motifs is 7. The zero-order valence-electron chi connectivity index (χ0n) is 47.2. The second-order valence-electron chi connectivity index (χ2n) is 21.2. The third kappa shape index (κ3) is 8.03. The molecular weight excluding hydrogens is 939 g/mol. The second-order valence-corrected chi connectivity index (χ2v) is 21.2. The maximum atomic E-state index is 2.73. The van der Waals surface area contributed by atoms with Crippen LogP contribution in [0.4, 0.5) is 11.4 Å². The zero-order chi connectivity index (χ0) is 54.0. The average molecular weight is 1010 g/mol. The summed E-state index contributed by atoms with van der Waals surface area (Å²) in [5.74, 6) is 0. The minimum Gasteiger partial charge on any atom is -0.314 e. The van der Waals surface area contributed by atoms with Crippen molar-refractivity contribution in [2.45, 2.75) is 110 Å². The molecule has 0 radical (unpaired) electrons.